The van der Waals surface area contributed by atoms with Crippen molar-refractivity contribution in [2.24, 2.45) is 7.05 Å². The number of fused-ring (bicyclic) bond motifs is 1. The Kier molecular flexibility index (Phi) is 2.73. The molecule has 0 atom stereocenters. The van der Waals surface area contributed by atoms with Gasteiger partial charge in [0.15, 0.2) is 0 Å². The summed E-state index contributed by atoms with van der Waals surface area (Å²) in [7, 11) is 1.70. The molecule has 0 spiro atoms. The van der Waals surface area contributed by atoms with Gasteiger partial charge in [-0.25, -0.2) is 0 Å². The van der Waals surface area contributed by atoms with E-state index in [1.54, 1.807) is 19.2 Å². The fourth-order valence-corrected chi connectivity index (χ4v) is 3.19. The molecular weight excluding hydrogens is 291 g/mol. The van der Waals surface area contributed by atoms with Gasteiger partial charge < -0.3 is 0 Å². The second kappa shape index (κ2) is 4.16. The van der Waals surface area contributed by atoms with Crippen molar-refractivity contribution in [3.63, 3.8) is 0 Å². The summed E-state index contributed by atoms with van der Waals surface area (Å²) < 4.78 is 1.47. The van der Waals surface area contributed by atoms with Crippen molar-refractivity contribution in [3.05, 3.63) is 44.0 Å². The molecule has 0 radical (unpaired) electrons. The van der Waals surface area contributed by atoms with Gasteiger partial charge in [-0.1, -0.05) is 29.3 Å². The summed E-state index contributed by atoms with van der Waals surface area (Å²) >= 11 is 13.4. The van der Waals surface area contributed by atoms with Crippen LogP contribution in [-0.4, -0.2) is 9.78 Å². The summed E-state index contributed by atoms with van der Waals surface area (Å²) in [5.74, 6) is 0. The molecule has 3 rings (SSSR count). The highest BCUT2D eigenvalue weighted by atomic mass is 35.5. The van der Waals surface area contributed by atoms with Crippen LogP contribution in [0.15, 0.2) is 28.4 Å². The Bertz CT molecular complexity index is 800. The van der Waals surface area contributed by atoms with E-state index in [9.17, 15) is 4.79 Å². The average Bonchev–Trinajstić information content (AvgIpc) is 2.85. The van der Waals surface area contributed by atoms with Crippen molar-refractivity contribution in [2.75, 3.05) is 0 Å². The minimum absolute atomic E-state index is 0.0349. The number of thiophene rings is 1. The molecule has 0 saturated carbocycles. The molecule has 3 nitrogen and oxygen atoms in total. The smallest absolute Gasteiger partial charge is 0.275 e. The van der Waals surface area contributed by atoms with Crippen LogP contribution in [0.2, 0.25) is 10.0 Å². The molecule has 0 bridgehead atoms. The van der Waals surface area contributed by atoms with Crippen molar-refractivity contribution < 1.29 is 0 Å². The number of aryl methyl sites for hydroxylation is 1. The van der Waals surface area contributed by atoms with Gasteiger partial charge in [0, 0.05) is 18.0 Å². The third-order valence-corrected chi connectivity index (χ3v) is 4.43. The van der Waals surface area contributed by atoms with Crippen LogP contribution in [0.25, 0.3) is 21.3 Å². The Balaban J connectivity index is 2.31. The first-order valence-corrected chi connectivity index (χ1v) is 6.83. The number of rotatable bonds is 1. The lowest BCUT2D eigenvalue weighted by Crippen LogP contribution is -2.11. The van der Waals surface area contributed by atoms with E-state index in [0.717, 1.165) is 16.0 Å². The molecule has 0 aliphatic carbocycles. The van der Waals surface area contributed by atoms with E-state index in [1.165, 1.54) is 16.0 Å². The van der Waals surface area contributed by atoms with Crippen LogP contribution in [0, 0.1) is 0 Å². The van der Waals surface area contributed by atoms with Gasteiger partial charge >= 0.3 is 0 Å². The minimum Gasteiger partial charge on any atom is -0.286 e. The molecule has 0 amide bonds. The van der Waals surface area contributed by atoms with E-state index in [0.29, 0.717) is 15.4 Å². The third-order valence-electron chi connectivity index (χ3n) is 2.81. The summed E-state index contributed by atoms with van der Waals surface area (Å²) in [6.45, 7) is 0. The Morgan fingerprint density at radius 3 is 2.78 bits per heavy atom. The first kappa shape index (κ1) is 11.8. The van der Waals surface area contributed by atoms with Crippen LogP contribution in [0.4, 0.5) is 0 Å². The predicted molar refractivity (Wildman–Crippen MR) is 76.9 cm³/mol. The molecule has 0 aliphatic heterocycles. The van der Waals surface area contributed by atoms with E-state index >= 15 is 0 Å². The fraction of sp³-hybridized carbons (Fsp3) is 0.0833. The molecule has 6 heteroatoms. The second-order valence-corrected chi connectivity index (χ2v) is 5.65. The SMILES string of the molecule is Cn1[nH]c2scc(-c3ccc(Cl)c(Cl)c3)c2c1=O. The standard InChI is InChI=1S/C12H8Cl2N2OS/c1-16-12(17)10-7(5-18-11(10)15-16)6-2-3-8(13)9(14)4-6/h2-5,15H,1H3. The predicted octanol–water partition coefficient (Wildman–Crippen LogP) is 3.90. The van der Waals surface area contributed by atoms with Gasteiger partial charge in [-0.2, -0.15) is 0 Å². The first-order chi connectivity index (χ1) is 8.58. The zero-order valence-electron chi connectivity index (χ0n) is 9.33. The van der Waals surface area contributed by atoms with E-state index in [-0.39, 0.29) is 5.56 Å². The topological polar surface area (TPSA) is 37.8 Å². The summed E-state index contributed by atoms with van der Waals surface area (Å²) in [4.78, 5) is 12.9. The summed E-state index contributed by atoms with van der Waals surface area (Å²) in [5, 5.41) is 6.64. The van der Waals surface area contributed by atoms with Crippen molar-refractivity contribution in [1.82, 2.24) is 9.78 Å². The zero-order chi connectivity index (χ0) is 12.9. The van der Waals surface area contributed by atoms with Crippen LogP contribution in [0.5, 0.6) is 0 Å². The largest absolute Gasteiger partial charge is 0.286 e. The molecular formula is C12H8Cl2N2OS. The monoisotopic (exact) mass is 298 g/mol. The molecule has 2 aromatic heterocycles. The molecule has 1 aromatic carbocycles. The number of benzene rings is 1. The molecule has 92 valence electrons. The van der Waals surface area contributed by atoms with Crippen molar-refractivity contribution >= 4 is 44.8 Å². The lowest BCUT2D eigenvalue weighted by atomic mass is 10.1. The van der Waals surface area contributed by atoms with Crippen LogP contribution >= 0.6 is 34.5 Å². The Morgan fingerprint density at radius 1 is 1.28 bits per heavy atom. The fourth-order valence-electron chi connectivity index (χ4n) is 1.90. The minimum atomic E-state index is -0.0349. The molecule has 0 aliphatic rings. The highest BCUT2D eigenvalue weighted by Gasteiger charge is 2.14. The van der Waals surface area contributed by atoms with Crippen molar-refractivity contribution in [2.45, 2.75) is 0 Å². The normalized spacial score (nSPS) is 11.3. The van der Waals surface area contributed by atoms with E-state index in [1.807, 2.05) is 11.4 Å². The quantitative estimate of drug-likeness (QED) is 0.727. The van der Waals surface area contributed by atoms with E-state index in [2.05, 4.69) is 5.10 Å². The van der Waals surface area contributed by atoms with Crippen molar-refractivity contribution in [1.29, 1.82) is 0 Å². The van der Waals surface area contributed by atoms with Crippen LogP contribution < -0.4 is 5.56 Å². The van der Waals surface area contributed by atoms with Gasteiger partial charge in [0.05, 0.1) is 15.4 Å². The number of halogens is 2. The van der Waals surface area contributed by atoms with Gasteiger partial charge in [-0.15, -0.1) is 11.3 Å². The molecule has 0 saturated heterocycles. The number of H-pyrrole nitrogens is 1. The van der Waals surface area contributed by atoms with E-state index < -0.39 is 0 Å². The first-order valence-electron chi connectivity index (χ1n) is 5.19. The summed E-state index contributed by atoms with van der Waals surface area (Å²) in [6, 6.07) is 5.37. The second-order valence-electron chi connectivity index (χ2n) is 3.96. The third kappa shape index (κ3) is 1.68. The number of nitrogens with zero attached hydrogens (tertiary/aromatic N) is 1. The molecule has 2 heterocycles. The Morgan fingerprint density at radius 2 is 2.06 bits per heavy atom. The molecule has 0 unspecified atom stereocenters. The maximum Gasteiger partial charge on any atom is 0.275 e. The lowest BCUT2D eigenvalue weighted by molar-refractivity contribution is 0.752. The highest BCUT2D eigenvalue weighted by Crippen LogP contribution is 2.34. The van der Waals surface area contributed by atoms with Gasteiger partial charge in [0.25, 0.3) is 5.56 Å². The molecule has 3 aromatic rings. The Labute approximate surface area is 117 Å². The summed E-state index contributed by atoms with van der Waals surface area (Å²) in [5.41, 5.74) is 1.75. The number of hydrogen-bond acceptors (Lipinski definition) is 2. The summed E-state index contributed by atoms with van der Waals surface area (Å²) in [6.07, 6.45) is 0. The number of aromatic amines is 1. The number of aromatic nitrogens is 2. The van der Waals surface area contributed by atoms with Gasteiger partial charge in [0.1, 0.15) is 4.83 Å². The van der Waals surface area contributed by atoms with Gasteiger partial charge in [-0.05, 0) is 17.7 Å². The van der Waals surface area contributed by atoms with Gasteiger partial charge in [0.2, 0.25) is 0 Å². The Hall–Kier alpha value is -1.23. The van der Waals surface area contributed by atoms with Crippen LogP contribution in [-0.2, 0) is 7.05 Å². The van der Waals surface area contributed by atoms with E-state index in [4.69, 9.17) is 23.2 Å². The van der Waals surface area contributed by atoms with Crippen LogP contribution in [0.1, 0.15) is 0 Å². The maximum atomic E-state index is 12.0. The number of nitrogens with one attached hydrogen (secondary N) is 1. The average molecular weight is 299 g/mol. The van der Waals surface area contributed by atoms with Crippen molar-refractivity contribution in [3.8, 4) is 11.1 Å². The van der Waals surface area contributed by atoms with Gasteiger partial charge in [-0.3, -0.25) is 14.6 Å². The highest BCUT2D eigenvalue weighted by molar-refractivity contribution is 7.17. The molecule has 1 N–H and O–H groups in total. The zero-order valence-corrected chi connectivity index (χ0v) is 11.7. The molecule has 18 heavy (non-hydrogen) atoms. The molecule has 0 fully saturated rings. The maximum absolute atomic E-state index is 12.0. The number of hydrogen-bond donors (Lipinski definition) is 1. The van der Waals surface area contributed by atoms with Crippen LogP contribution in [0.3, 0.4) is 0 Å². The lowest BCUT2D eigenvalue weighted by Gasteiger charge is -2.00.